The molecule has 1 atom stereocenters. The monoisotopic (exact) mass is 482 g/mol. The van der Waals surface area contributed by atoms with Crippen molar-refractivity contribution in [3.63, 3.8) is 0 Å². The molecular weight excluding hydrogens is 455 g/mol. The summed E-state index contributed by atoms with van der Waals surface area (Å²) in [5, 5.41) is 6.63. The second-order valence-electron chi connectivity index (χ2n) is 6.13. The van der Waals surface area contributed by atoms with Gasteiger partial charge in [-0.3, -0.25) is 4.99 Å². The number of rotatable bonds is 6. The number of guanidine groups is 1. The summed E-state index contributed by atoms with van der Waals surface area (Å²) in [5.41, 5.74) is 1.20. The summed E-state index contributed by atoms with van der Waals surface area (Å²) < 4.78 is 11.7. The van der Waals surface area contributed by atoms with Gasteiger partial charge < -0.3 is 25.0 Å². The Morgan fingerprint density at radius 2 is 1.78 bits per heavy atom. The molecule has 0 saturated heterocycles. The van der Waals surface area contributed by atoms with Crippen LogP contribution < -0.4 is 25.0 Å². The number of benzene rings is 2. The van der Waals surface area contributed by atoms with Gasteiger partial charge in [0.15, 0.2) is 17.5 Å². The van der Waals surface area contributed by atoms with Crippen molar-refractivity contribution in [3.05, 3.63) is 54.6 Å². The van der Waals surface area contributed by atoms with Gasteiger partial charge >= 0.3 is 0 Å². The van der Waals surface area contributed by atoms with E-state index in [0.717, 1.165) is 30.5 Å². The molecule has 2 aromatic carbocycles. The van der Waals surface area contributed by atoms with Gasteiger partial charge in [-0.1, -0.05) is 30.3 Å². The number of aliphatic imine (C=N–C) groups is 1. The van der Waals surface area contributed by atoms with E-state index in [1.807, 2.05) is 42.5 Å². The van der Waals surface area contributed by atoms with Gasteiger partial charge in [-0.15, -0.1) is 24.0 Å². The molecule has 1 aliphatic heterocycles. The minimum Gasteiger partial charge on any atom is -0.486 e. The van der Waals surface area contributed by atoms with Crippen LogP contribution in [0, 0.1) is 0 Å². The normalized spacial score (nSPS) is 15.5. The Balaban J connectivity index is 0.00000261. The molecule has 6 nitrogen and oxygen atoms in total. The van der Waals surface area contributed by atoms with E-state index in [2.05, 4.69) is 39.7 Å². The van der Waals surface area contributed by atoms with Crippen molar-refractivity contribution in [3.8, 4) is 11.5 Å². The molecule has 146 valence electrons. The number of hydrogen-bond acceptors (Lipinski definition) is 4. The van der Waals surface area contributed by atoms with E-state index < -0.39 is 0 Å². The maximum absolute atomic E-state index is 5.95. The van der Waals surface area contributed by atoms with Gasteiger partial charge in [-0.2, -0.15) is 0 Å². The maximum Gasteiger partial charge on any atom is 0.191 e. The quantitative estimate of drug-likeness (QED) is 0.377. The van der Waals surface area contributed by atoms with Gasteiger partial charge in [0.05, 0.1) is 6.54 Å². The summed E-state index contributed by atoms with van der Waals surface area (Å²) in [6.07, 6.45) is -0.0459. The lowest BCUT2D eigenvalue weighted by atomic mass is 10.2. The molecule has 0 fully saturated rings. The van der Waals surface area contributed by atoms with E-state index in [9.17, 15) is 0 Å². The number of anilines is 1. The number of fused-ring (bicyclic) bond motifs is 1. The van der Waals surface area contributed by atoms with Crippen LogP contribution in [0.4, 0.5) is 5.69 Å². The number of halogens is 1. The van der Waals surface area contributed by atoms with Crippen LogP contribution in [0.2, 0.25) is 0 Å². The minimum atomic E-state index is -0.0459. The third-order valence-corrected chi connectivity index (χ3v) is 4.22. The predicted molar refractivity (Wildman–Crippen MR) is 121 cm³/mol. The first-order chi connectivity index (χ1) is 12.8. The van der Waals surface area contributed by atoms with E-state index in [4.69, 9.17) is 9.47 Å². The molecule has 1 heterocycles. The Bertz CT molecular complexity index is 727. The van der Waals surface area contributed by atoms with Crippen molar-refractivity contribution in [2.24, 2.45) is 4.99 Å². The maximum atomic E-state index is 5.95. The van der Waals surface area contributed by atoms with Gasteiger partial charge in [0.25, 0.3) is 0 Å². The summed E-state index contributed by atoms with van der Waals surface area (Å²) in [5.74, 6) is 2.35. The zero-order valence-corrected chi connectivity index (χ0v) is 18.1. The molecule has 0 aliphatic carbocycles. The summed E-state index contributed by atoms with van der Waals surface area (Å²) in [4.78, 5) is 6.47. The Labute approximate surface area is 178 Å². The third-order valence-electron chi connectivity index (χ3n) is 4.22. The minimum absolute atomic E-state index is 0. The SMILES string of the molecule is CN=C(NCCN(C)c1ccccc1)NCC1COc2ccccc2O1.I. The number of nitrogens with zero attached hydrogens (tertiary/aromatic N) is 2. The van der Waals surface area contributed by atoms with Gasteiger partial charge in [-0.25, -0.2) is 0 Å². The molecule has 0 saturated carbocycles. The fourth-order valence-electron chi connectivity index (χ4n) is 2.75. The molecule has 3 rings (SSSR count). The third kappa shape index (κ3) is 6.20. The second-order valence-corrected chi connectivity index (χ2v) is 6.13. The lowest BCUT2D eigenvalue weighted by molar-refractivity contribution is 0.0936. The van der Waals surface area contributed by atoms with Crippen LogP contribution in [0.1, 0.15) is 0 Å². The number of likely N-dealkylation sites (N-methyl/N-ethyl adjacent to an activating group) is 1. The predicted octanol–water partition coefficient (Wildman–Crippen LogP) is 2.75. The first kappa shape index (κ1) is 21.1. The van der Waals surface area contributed by atoms with E-state index in [1.165, 1.54) is 5.69 Å². The van der Waals surface area contributed by atoms with Crippen LogP contribution in [-0.2, 0) is 0 Å². The highest BCUT2D eigenvalue weighted by Gasteiger charge is 2.20. The van der Waals surface area contributed by atoms with Crippen molar-refractivity contribution in [1.29, 1.82) is 0 Å². The summed E-state index contributed by atoms with van der Waals surface area (Å²) >= 11 is 0. The summed E-state index contributed by atoms with van der Waals surface area (Å²) in [7, 11) is 3.85. The van der Waals surface area contributed by atoms with E-state index >= 15 is 0 Å². The molecule has 0 radical (unpaired) electrons. The first-order valence-electron chi connectivity index (χ1n) is 8.85. The number of para-hydroxylation sites is 3. The van der Waals surface area contributed by atoms with E-state index in [1.54, 1.807) is 7.05 Å². The number of hydrogen-bond donors (Lipinski definition) is 2. The smallest absolute Gasteiger partial charge is 0.191 e. The van der Waals surface area contributed by atoms with Gasteiger partial charge in [0.1, 0.15) is 12.7 Å². The molecule has 2 N–H and O–H groups in total. The van der Waals surface area contributed by atoms with Crippen molar-refractivity contribution >= 4 is 35.6 Å². The molecule has 2 aromatic rings. The lowest BCUT2D eigenvalue weighted by Crippen LogP contribution is -2.46. The average molecular weight is 482 g/mol. The molecule has 0 spiro atoms. The standard InChI is InChI=1S/C20H26N4O2.HI/c1-21-20(22-12-13-24(2)16-8-4-3-5-9-16)23-14-17-15-25-18-10-6-7-11-19(18)26-17;/h3-11,17H,12-15H2,1-2H3,(H2,21,22,23);1H. The van der Waals surface area contributed by atoms with Gasteiger partial charge in [0, 0.05) is 32.9 Å². The van der Waals surface area contributed by atoms with Crippen LogP contribution in [0.5, 0.6) is 11.5 Å². The van der Waals surface area contributed by atoms with Crippen molar-refractivity contribution in [2.75, 3.05) is 45.2 Å². The van der Waals surface area contributed by atoms with Crippen LogP contribution in [-0.4, -0.2) is 52.4 Å². The van der Waals surface area contributed by atoms with E-state index in [-0.39, 0.29) is 30.1 Å². The Kier molecular flexibility index (Phi) is 8.50. The summed E-state index contributed by atoms with van der Waals surface area (Å²) in [6, 6.07) is 18.1. The molecular formula is C20H27IN4O2. The van der Waals surface area contributed by atoms with Crippen LogP contribution in [0.25, 0.3) is 0 Å². The highest BCUT2D eigenvalue weighted by molar-refractivity contribution is 14.0. The molecule has 27 heavy (non-hydrogen) atoms. The first-order valence-corrected chi connectivity index (χ1v) is 8.85. The lowest BCUT2D eigenvalue weighted by Gasteiger charge is -2.27. The highest BCUT2D eigenvalue weighted by atomic mass is 127. The second kappa shape index (κ2) is 10.9. The Hall–Kier alpha value is -2.16. The Morgan fingerprint density at radius 3 is 2.52 bits per heavy atom. The number of ether oxygens (including phenoxy) is 2. The average Bonchev–Trinajstić information content (AvgIpc) is 2.71. The van der Waals surface area contributed by atoms with Crippen LogP contribution in [0.3, 0.4) is 0 Å². The fourth-order valence-corrected chi connectivity index (χ4v) is 2.75. The van der Waals surface area contributed by atoms with Crippen LogP contribution >= 0.6 is 24.0 Å². The van der Waals surface area contributed by atoms with Gasteiger partial charge in [-0.05, 0) is 24.3 Å². The molecule has 7 heteroatoms. The number of nitrogens with one attached hydrogen (secondary N) is 2. The Morgan fingerprint density at radius 1 is 1.07 bits per heavy atom. The zero-order valence-electron chi connectivity index (χ0n) is 15.7. The van der Waals surface area contributed by atoms with Crippen molar-refractivity contribution < 1.29 is 9.47 Å². The molecule has 0 bridgehead atoms. The molecule has 0 aromatic heterocycles. The van der Waals surface area contributed by atoms with E-state index in [0.29, 0.717) is 13.2 Å². The van der Waals surface area contributed by atoms with Crippen molar-refractivity contribution in [1.82, 2.24) is 10.6 Å². The van der Waals surface area contributed by atoms with Crippen molar-refractivity contribution in [2.45, 2.75) is 6.10 Å². The van der Waals surface area contributed by atoms with Gasteiger partial charge in [0.2, 0.25) is 0 Å². The largest absolute Gasteiger partial charge is 0.486 e. The molecule has 1 unspecified atom stereocenters. The molecule has 0 amide bonds. The summed E-state index contributed by atoms with van der Waals surface area (Å²) in [6.45, 7) is 2.82. The fraction of sp³-hybridized carbons (Fsp3) is 0.350. The van der Waals surface area contributed by atoms with Crippen LogP contribution in [0.15, 0.2) is 59.6 Å². The topological polar surface area (TPSA) is 58.1 Å². The highest BCUT2D eigenvalue weighted by Crippen LogP contribution is 2.30. The molecule has 1 aliphatic rings. The zero-order chi connectivity index (χ0) is 18.2.